The van der Waals surface area contributed by atoms with Gasteiger partial charge < -0.3 is 15.2 Å². The van der Waals surface area contributed by atoms with Gasteiger partial charge in [-0.1, -0.05) is 18.2 Å². The van der Waals surface area contributed by atoms with Gasteiger partial charge in [0, 0.05) is 0 Å². The fourth-order valence-corrected chi connectivity index (χ4v) is 1.53. The molecule has 3 nitrogen and oxygen atoms in total. The molecule has 2 aromatic carbocycles. The number of nitrogens with two attached hydrogens (primary N) is 1. The Balaban J connectivity index is 1.86. The summed E-state index contributed by atoms with van der Waals surface area (Å²) in [5, 5.41) is 0. The van der Waals surface area contributed by atoms with Crippen LogP contribution in [0.25, 0.3) is 0 Å². The Labute approximate surface area is 109 Å². The Bertz CT molecular complexity index is 541. The molecule has 0 saturated heterocycles. The minimum absolute atomic E-state index is 0.0200. The third-order valence-electron chi connectivity index (χ3n) is 2.43. The molecule has 0 aromatic heterocycles. The smallest absolute Gasteiger partial charge is 0.190 e. The summed E-state index contributed by atoms with van der Waals surface area (Å²) >= 11 is 0. The molecule has 0 unspecified atom stereocenters. The van der Waals surface area contributed by atoms with Crippen molar-refractivity contribution in [2.45, 2.75) is 0 Å². The summed E-state index contributed by atoms with van der Waals surface area (Å²) in [6.45, 7) is 0.161. The fraction of sp³-hybridized carbons (Fsp3) is 0.143. The molecule has 2 N–H and O–H groups in total. The van der Waals surface area contributed by atoms with E-state index in [-0.39, 0.29) is 13.2 Å². The zero-order chi connectivity index (χ0) is 13.7. The van der Waals surface area contributed by atoms with Crippen LogP contribution in [0, 0.1) is 11.6 Å². The Morgan fingerprint density at radius 2 is 1.47 bits per heavy atom. The van der Waals surface area contributed by atoms with E-state index in [1.54, 1.807) is 24.3 Å². The van der Waals surface area contributed by atoms with Crippen molar-refractivity contribution in [1.82, 2.24) is 0 Å². The molecule has 0 bridgehead atoms. The van der Waals surface area contributed by atoms with E-state index >= 15 is 0 Å². The molecule has 0 aliphatic heterocycles. The first kappa shape index (κ1) is 13.1. The summed E-state index contributed by atoms with van der Waals surface area (Å²) in [5.41, 5.74) is 6.18. The highest BCUT2D eigenvalue weighted by Gasteiger charge is 2.09. The zero-order valence-corrected chi connectivity index (χ0v) is 10.1. The van der Waals surface area contributed by atoms with Crippen LogP contribution in [-0.2, 0) is 0 Å². The van der Waals surface area contributed by atoms with E-state index in [0.717, 1.165) is 12.1 Å². The molecule has 0 fully saturated rings. The van der Waals surface area contributed by atoms with E-state index in [2.05, 4.69) is 0 Å². The SMILES string of the molecule is Nc1ccccc1OCCOc1c(F)cccc1F. The topological polar surface area (TPSA) is 44.5 Å². The van der Waals surface area contributed by atoms with Gasteiger partial charge in [0.15, 0.2) is 17.4 Å². The Morgan fingerprint density at radius 3 is 2.16 bits per heavy atom. The maximum atomic E-state index is 13.2. The number of hydrogen-bond donors (Lipinski definition) is 1. The summed E-state index contributed by atoms with van der Waals surface area (Å²) in [6, 6.07) is 10.5. The van der Waals surface area contributed by atoms with Crippen LogP contribution >= 0.6 is 0 Å². The third kappa shape index (κ3) is 3.34. The minimum atomic E-state index is -0.737. The van der Waals surface area contributed by atoms with E-state index in [1.807, 2.05) is 0 Å². The molecule has 2 aromatic rings. The highest BCUT2D eigenvalue weighted by atomic mass is 19.1. The standard InChI is InChI=1S/C14H13F2NO2/c15-10-4-3-5-11(16)14(10)19-9-8-18-13-7-2-1-6-12(13)17/h1-7H,8-9,17H2. The van der Waals surface area contributed by atoms with Crippen LogP contribution in [0.3, 0.4) is 0 Å². The number of halogens is 2. The second-order valence-electron chi connectivity index (χ2n) is 3.79. The molecule has 0 amide bonds. The van der Waals surface area contributed by atoms with Gasteiger partial charge in [-0.3, -0.25) is 0 Å². The van der Waals surface area contributed by atoms with Crippen molar-refractivity contribution in [1.29, 1.82) is 0 Å². The molecule has 0 spiro atoms. The van der Waals surface area contributed by atoms with Crippen molar-refractivity contribution in [2.24, 2.45) is 0 Å². The van der Waals surface area contributed by atoms with Gasteiger partial charge in [-0.2, -0.15) is 0 Å². The molecule has 5 heteroatoms. The molecule has 0 saturated carbocycles. The molecular weight excluding hydrogens is 252 g/mol. The second-order valence-corrected chi connectivity index (χ2v) is 3.79. The van der Waals surface area contributed by atoms with Crippen molar-refractivity contribution in [2.75, 3.05) is 18.9 Å². The molecular formula is C14H13F2NO2. The second kappa shape index (κ2) is 6.04. The molecule has 19 heavy (non-hydrogen) atoms. The number of hydrogen-bond acceptors (Lipinski definition) is 3. The van der Waals surface area contributed by atoms with E-state index in [4.69, 9.17) is 15.2 Å². The highest BCUT2D eigenvalue weighted by molar-refractivity contribution is 5.51. The lowest BCUT2D eigenvalue weighted by molar-refractivity contribution is 0.206. The Hall–Kier alpha value is -2.30. The van der Waals surface area contributed by atoms with Gasteiger partial charge in [-0.25, -0.2) is 8.78 Å². The summed E-state index contributed by atoms with van der Waals surface area (Å²) in [4.78, 5) is 0. The number of anilines is 1. The number of nitrogen functional groups attached to an aromatic ring is 1. The third-order valence-corrected chi connectivity index (χ3v) is 2.43. The normalized spacial score (nSPS) is 10.2. The maximum Gasteiger partial charge on any atom is 0.190 e. The highest BCUT2D eigenvalue weighted by Crippen LogP contribution is 2.22. The number of rotatable bonds is 5. The molecule has 0 aliphatic rings. The molecule has 100 valence electrons. The van der Waals surface area contributed by atoms with E-state index in [1.165, 1.54) is 6.07 Å². The van der Waals surface area contributed by atoms with Crippen LogP contribution < -0.4 is 15.2 Å². The number of ether oxygens (including phenoxy) is 2. The van der Waals surface area contributed by atoms with Crippen molar-refractivity contribution in [3.8, 4) is 11.5 Å². The summed E-state index contributed by atoms with van der Waals surface area (Å²) in [7, 11) is 0. The van der Waals surface area contributed by atoms with Crippen LogP contribution in [0.4, 0.5) is 14.5 Å². The summed E-state index contributed by atoms with van der Waals surface area (Å²) in [6.07, 6.45) is 0. The number of benzene rings is 2. The summed E-state index contributed by atoms with van der Waals surface area (Å²) < 4.78 is 36.8. The van der Waals surface area contributed by atoms with E-state index in [0.29, 0.717) is 11.4 Å². The van der Waals surface area contributed by atoms with Gasteiger partial charge in [0.05, 0.1) is 5.69 Å². The predicted octanol–water partition coefficient (Wildman–Crippen LogP) is 3.00. The number of para-hydroxylation sites is 3. The lowest BCUT2D eigenvalue weighted by Crippen LogP contribution is -2.11. The van der Waals surface area contributed by atoms with E-state index in [9.17, 15) is 8.78 Å². The van der Waals surface area contributed by atoms with Crippen LogP contribution in [-0.4, -0.2) is 13.2 Å². The predicted molar refractivity (Wildman–Crippen MR) is 68.2 cm³/mol. The average Bonchev–Trinajstić information content (AvgIpc) is 2.39. The summed E-state index contributed by atoms with van der Waals surface area (Å²) in [5.74, 6) is -1.36. The van der Waals surface area contributed by atoms with Crippen molar-refractivity contribution < 1.29 is 18.3 Å². The Morgan fingerprint density at radius 1 is 0.842 bits per heavy atom. The lowest BCUT2D eigenvalue weighted by Gasteiger charge is -2.10. The van der Waals surface area contributed by atoms with Gasteiger partial charge in [0.2, 0.25) is 0 Å². The largest absolute Gasteiger partial charge is 0.488 e. The van der Waals surface area contributed by atoms with Crippen LogP contribution in [0.15, 0.2) is 42.5 Å². The maximum absolute atomic E-state index is 13.2. The quantitative estimate of drug-likeness (QED) is 0.667. The van der Waals surface area contributed by atoms with Crippen molar-refractivity contribution in [3.63, 3.8) is 0 Å². The van der Waals surface area contributed by atoms with Gasteiger partial charge >= 0.3 is 0 Å². The van der Waals surface area contributed by atoms with Crippen LogP contribution in [0.2, 0.25) is 0 Å². The molecule has 2 rings (SSSR count). The van der Waals surface area contributed by atoms with Gasteiger partial charge in [-0.05, 0) is 24.3 Å². The minimum Gasteiger partial charge on any atom is -0.488 e. The van der Waals surface area contributed by atoms with Gasteiger partial charge in [0.25, 0.3) is 0 Å². The monoisotopic (exact) mass is 265 g/mol. The van der Waals surface area contributed by atoms with Crippen molar-refractivity contribution >= 4 is 5.69 Å². The molecule has 0 radical (unpaired) electrons. The first-order valence-electron chi connectivity index (χ1n) is 5.72. The molecule has 0 heterocycles. The average molecular weight is 265 g/mol. The van der Waals surface area contributed by atoms with Crippen molar-refractivity contribution in [3.05, 3.63) is 54.1 Å². The first-order chi connectivity index (χ1) is 9.18. The van der Waals surface area contributed by atoms with Crippen LogP contribution in [0.1, 0.15) is 0 Å². The Kier molecular flexibility index (Phi) is 4.18. The van der Waals surface area contributed by atoms with Gasteiger partial charge in [0.1, 0.15) is 19.0 Å². The van der Waals surface area contributed by atoms with E-state index < -0.39 is 17.4 Å². The molecule has 0 aliphatic carbocycles. The van der Waals surface area contributed by atoms with Crippen LogP contribution in [0.5, 0.6) is 11.5 Å². The lowest BCUT2D eigenvalue weighted by atomic mass is 10.3. The molecule has 0 atom stereocenters. The zero-order valence-electron chi connectivity index (χ0n) is 10.1. The van der Waals surface area contributed by atoms with Gasteiger partial charge in [-0.15, -0.1) is 0 Å². The first-order valence-corrected chi connectivity index (χ1v) is 5.72. The fourth-order valence-electron chi connectivity index (χ4n) is 1.53.